The third-order valence-electron chi connectivity index (χ3n) is 1.31. The van der Waals surface area contributed by atoms with Crippen LogP contribution in [0.4, 0.5) is 4.39 Å². The minimum atomic E-state index is -0.454. The number of hydrogen-bond acceptors (Lipinski definition) is 1. The predicted octanol–water partition coefficient (Wildman–Crippen LogP) is 5.45. The van der Waals surface area contributed by atoms with Gasteiger partial charge in [-0.2, -0.15) is 5.26 Å². The first kappa shape index (κ1) is 19.2. The van der Waals surface area contributed by atoms with Crippen molar-refractivity contribution in [3.8, 4) is 6.07 Å². The lowest BCUT2D eigenvalue weighted by atomic mass is 10.1. The Hall–Kier alpha value is -0.150. The normalized spacial score (nSPS) is 8.41. The lowest BCUT2D eigenvalue weighted by Crippen LogP contribution is -1.85. The van der Waals surface area contributed by atoms with Gasteiger partial charge in [0.25, 0.3) is 0 Å². The lowest BCUT2D eigenvalue weighted by molar-refractivity contribution is 0.622. The highest BCUT2D eigenvalue weighted by Crippen LogP contribution is 2.11. The van der Waals surface area contributed by atoms with Crippen LogP contribution in [0.25, 0.3) is 0 Å². The molecule has 4 heteroatoms. The van der Waals surface area contributed by atoms with Crippen molar-refractivity contribution in [1.29, 1.82) is 5.26 Å². The van der Waals surface area contributed by atoms with Gasteiger partial charge >= 0.3 is 0 Å². The zero-order valence-corrected chi connectivity index (χ0v) is 14.3. The highest BCUT2D eigenvalue weighted by atomic mass is 127. The molecule has 0 atom stereocenters. The maximum atomic E-state index is 12.8. The summed E-state index contributed by atoms with van der Waals surface area (Å²) in [5, 5.41) is 8.99. The summed E-state index contributed by atoms with van der Waals surface area (Å²) in [5.41, 5.74) is 0.927. The molecule has 0 radical (unpaired) electrons. The molecule has 0 heterocycles. The first-order chi connectivity index (χ1) is 8.01. The van der Waals surface area contributed by atoms with Crippen LogP contribution >= 0.6 is 38.5 Å². The van der Waals surface area contributed by atoms with E-state index >= 15 is 0 Å². The number of rotatable bonds is 1. The second-order valence-corrected chi connectivity index (χ2v) is 6.13. The zero-order valence-electron chi connectivity index (χ0n) is 10.6. The molecule has 0 aromatic heterocycles. The highest BCUT2D eigenvalue weighted by molar-refractivity contribution is 14.1. The molecule has 17 heavy (non-hydrogen) atoms. The largest absolute Gasteiger partial charge is 0.206 e. The van der Waals surface area contributed by atoms with Crippen LogP contribution in [-0.2, 0) is 5.33 Å². The molecule has 0 saturated carbocycles. The minimum absolute atomic E-state index is 0.0923. The first-order valence-corrected chi connectivity index (χ1v) is 7.76. The summed E-state index contributed by atoms with van der Waals surface area (Å²) in [4.78, 5) is 0. The van der Waals surface area contributed by atoms with Gasteiger partial charge in [-0.05, 0) is 17.7 Å². The van der Waals surface area contributed by atoms with E-state index in [4.69, 9.17) is 5.26 Å². The summed E-state index contributed by atoms with van der Waals surface area (Å²) in [6, 6.07) is 6.31. The van der Waals surface area contributed by atoms with Crippen molar-refractivity contribution in [2.24, 2.45) is 0 Å². The summed E-state index contributed by atoms with van der Waals surface area (Å²) < 4.78 is 13.6. The van der Waals surface area contributed by atoms with Crippen LogP contribution < -0.4 is 0 Å². The third kappa shape index (κ3) is 10.7. The fraction of sp³-hybridized carbons (Fsp3) is 0.462. The molecule has 96 valence electrons. The Kier molecular flexibility index (Phi) is 13.9. The standard InChI is InChI=1S/C8H5BrFN.C3H7I.C2H6/c9-4-6-1-2-7(5-11)8(10)3-6;1-3(2)4;1-2/h1-3H,4H2;3H,1-2H3;1-2H3. The second-order valence-electron chi connectivity index (χ2n) is 3.07. The Morgan fingerprint density at radius 1 is 1.41 bits per heavy atom. The smallest absolute Gasteiger partial charge is 0.141 e. The Balaban J connectivity index is 0. The summed E-state index contributed by atoms with van der Waals surface area (Å²) >= 11 is 5.53. The molecule has 0 N–H and O–H groups in total. The van der Waals surface area contributed by atoms with E-state index < -0.39 is 5.82 Å². The van der Waals surface area contributed by atoms with E-state index in [1.165, 1.54) is 12.1 Å². The summed E-state index contributed by atoms with van der Waals surface area (Å²) in [6.45, 7) is 8.31. The lowest BCUT2D eigenvalue weighted by Gasteiger charge is -1.95. The maximum absolute atomic E-state index is 12.8. The van der Waals surface area contributed by atoms with Gasteiger partial charge in [-0.3, -0.25) is 0 Å². The average Bonchev–Trinajstić information content (AvgIpc) is 2.31. The van der Waals surface area contributed by atoms with Gasteiger partial charge in [-0.1, -0.05) is 72.3 Å². The number of alkyl halides is 2. The third-order valence-corrected chi connectivity index (χ3v) is 1.96. The Labute approximate surface area is 126 Å². The highest BCUT2D eigenvalue weighted by Gasteiger charge is 2.00. The van der Waals surface area contributed by atoms with Gasteiger partial charge in [0.2, 0.25) is 0 Å². The molecule has 1 aromatic carbocycles. The molecular weight excluding hydrogens is 396 g/mol. The molecule has 0 aliphatic rings. The van der Waals surface area contributed by atoms with E-state index in [-0.39, 0.29) is 5.56 Å². The quantitative estimate of drug-likeness (QED) is 0.443. The Bertz CT molecular complexity index is 345. The van der Waals surface area contributed by atoms with Crippen molar-refractivity contribution in [1.82, 2.24) is 0 Å². The van der Waals surface area contributed by atoms with E-state index in [1.54, 1.807) is 12.1 Å². The van der Waals surface area contributed by atoms with E-state index in [1.807, 2.05) is 13.8 Å². The molecule has 0 saturated heterocycles. The average molecular weight is 414 g/mol. The molecule has 0 bridgehead atoms. The number of hydrogen-bond donors (Lipinski definition) is 0. The van der Waals surface area contributed by atoms with Crippen LogP contribution in [0.2, 0.25) is 0 Å². The number of nitriles is 1. The molecule has 1 aromatic rings. The van der Waals surface area contributed by atoms with Crippen molar-refractivity contribution >= 4 is 38.5 Å². The summed E-state index contributed by atoms with van der Waals surface area (Å²) in [7, 11) is 0. The second kappa shape index (κ2) is 12.3. The zero-order chi connectivity index (χ0) is 13.8. The molecule has 0 unspecified atom stereocenters. The molecule has 0 amide bonds. The molecule has 0 spiro atoms. The van der Waals surface area contributed by atoms with Crippen molar-refractivity contribution in [2.75, 3.05) is 0 Å². The van der Waals surface area contributed by atoms with Crippen LogP contribution in [0, 0.1) is 17.1 Å². The van der Waals surface area contributed by atoms with Gasteiger partial charge in [0.1, 0.15) is 11.9 Å². The molecule has 0 aliphatic carbocycles. The van der Waals surface area contributed by atoms with Crippen LogP contribution in [0.1, 0.15) is 38.8 Å². The van der Waals surface area contributed by atoms with Crippen molar-refractivity contribution in [3.63, 3.8) is 0 Å². The van der Waals surface area contributed by atoms with Crippen LogP contribution in [0.5, 0.6) is 0 Å². The first-order valence-electron chi connectivity index (χ1n) is 5.39. The maximum Gasteiger partial charge on any atom is 0.141 e. The van der Waals surface area contributed by atoms with Crippen LogP contribution in [0.3, 0.4) is 0 Å². The Morgan fingerprint density at radius 2 is 1.88 bits per heavy atom. The fourth-order valence-electron chi connectivity index (χ4n) is 0.732. The van der Waals surface area contributed by atoms with E-state index in [0.717, 1.165) is 9.49 Å². The van der Waals surface area contributed by atoms with Crippen LogP contribution in [-0.4, -0.2) is 3.92 Å². The van der Waals surface area contributed by atoms with Gasteiger partial charge in [0, 0.05) is 9.25 Å². The molecule has 1 nitrogen and oxygen atoms in total. The van der Waals surface area contributed by atoms with Crippen molar-refractivity contribution in [3.05, 3.63) is 35.1 Å². The van der Waals surface area contributed by atoms with E-state index in [9.17, 15) is 4.39 Å². The van der Waals surface area contributed by atoms with Gasteiger partial charge in [-0.15, -0.1) is 0 Å². The Morgan fingerprint density at radius 3 is 2.18 bits per heavy atom. The van der Waals surface area contributed by atoms with Gasteiger partial charge in [0.15, 0.2) is 0 Å². The topological polar surface area (TPSA) is 23.8 Å². The van der Waals surface area contributed by atoms with Gasteiger partial charge in [-0.25, -0.2) is 4.39 Å². The minimum Gasteiger partial charge on any atom is -0.206 e. The van der Waals surface area contributed by atoms with E-state index in [0.29, 0.717) is 5.33 Å². The van der Waals surface area contributed by atoms with Gasteiger partial charge < -0.3 is 0 Å². The SMILES string of the molecule is CC.CC(C)I.N#Cc1ccc(CBr)cc1F. The van der Waals surface area contributed by atoms with Crippen molar-refractivity contribution in [2.45, 2.75) is 36.9 Å². The number of halogens is 3. The predicted molar refractivity (Wildman–Crippen MR) is 84.3 cm³/mol. The van der Waals surface area contributed by atoms with Crippen molar-refractivity contribution < 1.29 is 4.39 Å². The number of nitrogens with zero attached hydrogens (tertiary/aromatic N) is 1. The molecule has 0 aliphatic heterocycles. The monoisotopic (exact) mass is 413 g/mol. The van der Waals surface area contributed by atoms with Gasteiger partial charge in [0.05, 0.1) is 5.56 Å². The number of benzene rings is 1. The fourth-order valence-corrected chi connectivity index (χ4v) is 1.08. The summed E-state index contributed by atoms with van der Waals surface area (Å²) in [6.07, 6.45) is 0. The molecule has 0 fully saturated rings. The van der Waals surface area contributed by atoms with Crippen LogP contribution in [0.15, 0.2) is 18.2 Å². The summed E-state index contributed by atoms with van der Waals surface area (Å²) in [5.74, 6) is -0.454. The molecule has 1 rings (SSSR count). The van der Waals surface area contributed by atoms with E-state index in [2.05, 4.69) is 52.4 Å². The molecular formula is C13H18BrFIN.